The first kappa shape index (κ1) is 32.8. The normalized spacial score (nSPS) is 13.4. The Balaban J connectivity index is 0.000000181. The van der Waals surface area contributed by atoms with Crippen molar-refractivity contribution in [2.75, 3.05) is 0 Å². The maximum absolute atomic E-state index is 4.70. The molecule has 2 aromatic carbocycles. The summed E-state index contributed by atoms with van der Waals surface area (Å²) in [6, 6.07) is 26.1. The number of rotatable bonds is 3. The zero-order valence-electron chi connectivity index (χ0n) is 27.4. The van der Waals surface area contributed by atoms with Gasteiger partial charge in [-0.3, -0.25) is 9.97 Å². The number of benzene rings is 2. The molecular formula is C41H46N2S. The fourth-order valence-corrected chi connectivity index (χ4v) is 6.89. The molecule has 3 aromatic heterocycles. The first-order valence-corrected chi connectivity index (χ1v) is 16.9. The highest BCUT2D eigenvalue weighted by atomic mass is 32.1. The summed E-state index contributed by atoms with van der Waals surface area (Å²) in [6.07, 6.45) is 15.1. The van der Waals surface area contributed by atoms with E-state index >= 15 is 0 Å². The molecule has 226 valence electrons. The van der Waals surface area contributed by atoms with E-state index < -0.39 is 0 Å². The Morgan fingerprint density at radius 1 is 0.727 bits per heavy atom. The van der Waals surface area contributed by atoms with Crippen molar-refractivity contribution in [2.24, 2.45) is 0 Å². The first-order valence-electron chi connectivity index (χ1n) is 16.1. The minimum absolute atomic E-state index is 1.04. The smallest absolute Gasteiger partial charge is 0.0710 e. The van der Waals surface area contributed by atoms with Crippen LogP contribution in [0.2, 0.25) is 0 Å². The van der Waals surface area contributed by atoms with E-state index in [1.54, 1.807) is 6.20 Å². The van der Waals surface area contributed by atoms with Gasteiger partial charge in [-0.25, -0.2) is 0 Å². The third-order valence-electron chi connectivity index (χ3n) is 7.71. The summed E-state index contributed by atoms with van der Waals surface area (Å²) in [5.41, 5.74) is 11.3. The molecule has 0 radical (unpaired) electrons. The van der Waals surface area contributed by atoms with Gasteiger partial charge in [0.1, 0.15) is 0 Å². The van der Waals surface area contributed by atoms with Crippen LogP contribution in [0.15, 0.2) is 103 Å². The molecule has 0 saturated carbocycles. The van der Waals surface area contributed by atoms with Crippen molar-refractivity contribution in [3.05, 3.63) is 135 Å². The van der Waals surface area contributed by atoms with E-state index in [0.29, 0.717) is 0 Å². The van der Waals surface area contributed by atoms with Gasteiger partial charge in [-0.1, -0.05) is 106 Å². The van der Waals surface area contributed by atoms with Crippen LogP contribution in [0.25, 0.3) is 38.4 Å². The lowest BCUT2D eigenvalue weighted by atomic mass is 9.95. The number of aromatic nitrogens is 2. The van der Waals surface area contributed by atoms with Gasteiger partial charge in [0.2, 0.25) is 0 Å². The van der Waals surface area contributed by atoms with E-state index in [-0.39, 0.29) is 0 Å². The van der Waals surface area contributed by atoms with Gasteiger partial charge in [-0.05, 0) is 104 Å². The minimum Gasteiger partial charge on any atom is -0.264 e. The van der Waals surface area contributed by atoms with E-state index in [2.05, 4.69) is 104 Å². The average molecular weight is 599 g/mol. The van der Waals surface area contributed by atoms with Crippen LogP contribution in [0.3, 0.4) is 0 Å². The second kappa shape index (κ2) is 16.1. The van der Waals surface area contributed by atoms with Gasteiger partial charge in [0.15, 0.2) is 0 Å². The van der Waals surface area contributed by atoms with Crippen molar-refractivity contribution in [3.63, 3.8) is 0 Å². The van der Waals surface area contributed by atoms with Crippen LogP contribution in [0.1, 0.15) is 82.8 Å². The molecular weight excluding hydrogens is 553 g/mol. The lowest BCUT2D eigenvalue weighted by molar-refractivity contribution is 0.963. The molecule has 3 heteroatoms. The molecule has 7 rings (SSSR count). The summed E-state index contributed by atoms with van der Waals surface area (Å²) in [6.45, 7) is 14.4. The van der Waals surface area contributed by atoms with Gasteiger partial charge in [-0.15, -0.1) is 11.3 Å². The van der Waals surface area contributed by atoms with E-state index in [4.69, 9.17) is 4.98 Å². The molecule has 0 spiro atoms. The van der Waals surface area contributed by atoms with E-state index in [0.717, 1.165) is 42.6 Å². The Hall–Kier alpha value is -4.08. The maximum atomic E-state index is 4.70. The molecule has 5 aromatic rings. The van der Waals surface area contributed by atoms with E-state index in [1.165, 1.54) is 53.2 Å². The number of fused-ring (bicyclic) bond motifs is 3. The number of allylic oxidation sites excluding steroid dienone is 4. The Kier molecular flexibility index (Phi) is 12.0. The quantitative estimate of drug-likeness (QED) is 0.206. The summed E-state index contributed by atoms with van der Waals surface area (Å²) < 4.78 is 2.88. The summed E-state index contributed by atoms with van der Waals surface area (Å²) in [5, 5.41) is 2.87. The number of pyridine rings is 2. The fraction of sp³-hybridized carbons (Fsp3) is 0.268. The Labute approximate surface area is 268 Å². The van der Waals surface area contributed by atoms with Gasteiger partial charge < -0.3 is 0 Å². The largest absolute Gasteiger partial charge is 0.264 e. The van der Waals surface area contributed by atoms with Gasteiger partial charge >= 0.3 is 0 Å². The van der Waals surface area contributed by atoms with Crippen molar-refractivity contribution in [3.8, 4) is 11.1 Å². The van der Waals surface area contributed by atoms with Crippen molar-refractivity contribution in [1.82, 2.24) is 9.97 Å². The Morgan fingerprint density at radius 2 is 1.50 bits per heavy atom. The van der Waals surface area contributed by atoms with E-state index in [1.807, 2.05) is 58.2 Å². The average Bonchev–Trinajstić information content (AvgIpc) is 3.47. The molecule has 44 heavy (non-hydrogen) atoms. The highest BCUT2D eigenvalue weighted by molar-refractivity contribution is 7.17. The molecule has 3 heterocycles. The summed E-state index contributed by atoms with van der Waals surface area (Å²) in [7, 11) is 0. The molecule has 0 amide bonds. The molecule has 0 unspecified atom stereocenters. The molecule has 0 fully saturated rings. The van der Waals surface area contributed by atoms with Gasteiger partial charge in [0.05, 0.1) is 5.69 Å². The molecule has 0 aliphatic heterocycles. The monoisotopic (exact) mass is 598 g/mol. The van der Waals surface area contributed by atoms with Crippen LogP contribution in [0.4, 0.5) is 0 Å². The van der Waals surface area contributed by atoms with E-state index in [9.17, 15) is 0 Å². The molecule has 2 aliphatic rings. The number of aryl methyl sites for hydroxylation is 2. The SMILES string of the molecule is CC.CC.CC1=C(c2cc(-c3cccnc3)cc(C)n2)C=CCC1.Cc1ccc(C2=c3sc4ccccc4c3=CCC2)cc1. The van der Waals surface area contributed by atoms with Crippen molar-refractivity contribution >= 4 is 38.6 Å². The fourth-order valence-electron chi connectivity index (χ4n) is 5.59. The standard InChI is InChI=1S/C19H16S.C18H18N2.2C2H6/c1-13-9-11-14(12-10-13)15-6-4-7-17-16-5-2-3-8-18(16)20-19(15)17;1-13-6-3-4-8-17(13)18-11-16(10-14(2)20-18)15-7-5-9-19-12-15;2*1-2/h2-3,5,7-12H,4,6H2,1H3;4-5,7-12H,3,6H2,1-2H3;2*1-2H3. The molecule has 0 bridgehead atoms. The van der Waals surface area contributed by atoms with Crippen LogP contribution in [0.5, 0.6) is 0 Å². The molecule has 2 aliphatic carbocycles. The second-order valence-corrected chi connectivity index (χ2v) is 11.7. The molecule has 0 saturated heterocycles. The zero-order chi connectivity index (χ0) is 31.5. The third kappa shape index (κ3) is 7.70. The second-order valence-electron chi connectivity index (χ2n) is 10.7. The van der Waals surface area contributed by atoms with Crippen LogP contribution in [0, 0.1) is 13.8 Å². The van der Waals surface area contributed by atoms with Crippen LogP contribution >= 0.6 is 11.3 Å². The third-order valence-corrected chi connectivity index (χ3v) is 8.95. The van der Waals surface area contributed by atoms with Gasteiger partial charge in [0.25, 0.3) is 0 Å². The Bertz CT molecular complexity index is 1860. The summed E-state index contributed by atoms with van der Waals surface area (Å²) in [4.78, 5) is 8.91. The minimum atomic E-state index is 1.04. The zero-order valence-corrected chi connectivity index (χ0v) is 28.3. The first-order chi connectivity index (χ1) is 21.6. The van der Waals surface area contributed by atoms with Crippen LogP contribution in [-0.4, -0.2) is 9.97 Å². The number of hydrogen-bond acceptors (Lipinski definition) is 3. The van der Waals surface area contributed by atoms with Crippen molar-refractivity contribution in [2.45, 2.75) is 74.1 Å². The van der Waals surface area contributed by atoms with Gasteiger partial charge in [0, 0.05) is 32.9 Å². The summed E-state index contributed by atoms with van der Waals surface area (Å²) in [5.74, 6) is 0. The Morgan fingerprint density at radius 3 is 2.23 bits per heavy atom. The van der Waals surface area contributed by atoms with Crippen LogP contribution in [-0.2, 0) is 0 Å². The molecule has 0 atom stereocenters. The number of hydrogen-bond donors (Lipinski definition) is 0. The highest BCUT2D eigenvalue weighted by Gasteiger charge is 2.12. The molecule has 2 nitrogen and oxygen atoms in total. The lowest BCUT2D eigenvalue weighted by Gasteiger charge is -2.14. The topological polar surface area (TPSA) is 25.8 Å². The van der Waals surface area contributed by atoms with Gasteiger partial charge in [-0.2, -0.15) is 0 Å². The lowest BCUT2D eigenvalue weighted by Crippen LogP contribution is -2.24. The summed E-state index contributed by atoms with van der Waals surface area (Å²) >= 11 is 1.94. The van der Waals surface area contributed by atoms with Crippen LogP contribution < -0.4 is 9.75 Å². The highest BCUT2D eigenvalue weighted by Crippen LogP contribution is 2.29. The maximum Gasteiger partial charge on any atom is 0.0710 e. The molecule has 0 N–H and O–H groups in total. The predicted molar refractivity (Wildman–Crippen MR) is 194 cm³/mol. The van der Waals surface area contributed by atoms with Crippen molar-refractivity contribution < 1.29 is 0 Å². The van der Waals surface area contributed by atoms with Crippen molar-refractivity contribution in [1.29, 1.82) is 0 Å². The number of nitrogens with zero attached hydrogens (tertiary/aromatic N) is 2. The number of thiophene rings is 1. The predicted octanol–water partition coefficient (Wildman–Crippen LogP) is 10.6.